The van der Waals surface area contributed by atoms with Crippen LogP contribution in [-0.2, 0) is 4.74 Å². The Kier molecular flexibility index (Phi) is 4.31. The lowest BCUT2D eigenvalue weighted by Gasteiger charge is -2.47. The van der Waals surface area contributed by atoms with Crippen LogP contribution in [0.4, 0.5) is 4.39 Å². The molecule has 1 aromatic rings. The van der Waals surface area contributed by atoms with Gasteiger partial charge in [0.15, 0.2) is 5.88 Å². The zero-order valence-corrected chi connectivity index (χ0v) is 13.7. The molecule has 2 rings (SSSR count). The standard InChI is InChI=1S/C18H26FNO/c1-12-7-8-15(11-16(12)19)13(2)17-9-10-20(17)14(3)21-18(4,5)6/h7-8,11,13,17H,3,9-10H2,1-2,4-6H3. The van der Waals surface area contributed by atoms with Crippen molar-refractivity contribution in [1.29, 1.82) is 0 Å². The summed E-state index contributed by atoms with van der Waals surface area (Å²) in [6.07, 6.45) is 1.09. The van der Waals surface area contributed by atoms with Crippen LogP contribution in [-0.4, -0.2) is 23.1 Å². The molecule has 2 unspecified atom stereocenters. The fourth-order valence-corrected chi connectivity index (χ4v) is 2.76. The van der Waals surface area contributed by atoms with E-state index in [0.717, 1.165) is 24.4 Å². The zero-order chi connectivity index (χ0) is 15.8. The molecular weight excluding hydrogens is 265 g/mol. The van der Waals surface area contributed by atoms with Crippen molar-refractivity contribution >= 4 is 0 Å². The van der Waals surface area contributed by atoms with E-state index in [4.69, 9.17) is 4.74 Å². The van der Waals surface area contributed by atoms with Crippen LogP contribution in [0, 0.1) is 12.7 Å². The van der Waals surface area contributed by atoms with Crippen LogP contribution < -0.4 is 0 Å². The van der Waals surface area contributed by atoms with Gasteiger partial charge in [-0.05, 0) is 57.9 Å². The molecule has 1 aliphatic rings. The highest BCUT2D eigenvalue weighted by atomic mass is 19.1. The Morgan fingerprint density at radius 1 is 1.43 bits per heavy atom. The predicted molar refractivity (Wildman–Crippen MR) is 84.6 cm³/mol. The van der Waals surface area contributed by atoms with Gasteiger partial charge in [0.1, 0.15) is 11.4 Å². The Morgan fingerprint density at radius 3 is 2.57 bits per heavy atom. The van der Waals surface area contributed by atoms with Gasteiger partial charge in [-0.1, -0.05) is 19.1 Å². The van der Waals surface area contributed by atoms with Crippen LogP contribution >= 0.6 is 0 Å². The maximum atomic E-state index is 13.7. The highest BCUT2D eigenvalue weighted by Crippen LogP contribution is 2.35. The molecule has 21 heavy (non-hydrogen) atoms. The number of rotatable bonds is 4. The van der Waals surface area contributed by atoms with Gasteiger partial charge < -0.3 is 9.64 Å². The minimum atomic E-state index is -0.240. The van der Waals surface area contributed by atoms with Crippen molar-refractivity contribution in [3.63, 3.8) is 0 Å². The lowest BCUT2D eigenvalue weighted by Crippen LogP contribution is -2.50. The van der Waals surface area contributed by atoms with E-state index in [2.05, 4.69) is 18.4 Å². The lowest BCUT2D eigenvalue weighted by atomic mass is 9.85. The molecule has 0 spiro atoms. The molecule has 1 aliphatic heterocycles. The summed E-state index contributed by atoms with van der Waals surface area (Å²) in [7, 11) is 0. The fourth-order valence-electron chi connectivity index (χ4n) is 2.76. The van der Waals surface area contributed by atoms with E-state index in [1.807, 2.05) is 32.9 Å². The van der Waals surface area contributed by atoms with Crippen molar-refractivity contribution in [3.8, 4) is 0 Å². The SMILES string of the molecule is C=C(OC(C)(C)C)N1CCC1C(C)c1ccc(C)c(F)c1. The van der Waals surface area contributed by atoms with Gasteiger partial charge in [-0.3, -0.25) is 0 Å². The summed E-state index contributed by atoms with van der Waals surface area (Å²) in [5.41, 5.74) is 1.49. The van der Waals surface area contributed by atoms with Crippen LogP contribution in [0.25, 0.3) is 0 Å². The van der Waals surface area contributed by atoms with Crippen molar-refractivity contribution < 1.29 is 9.13 Å². The molecular formula is C18H26FNO. The minimum Gasteiger partial charge on any atom is -0.474 e. The first kappa shape index (κ1) is 15.9. The van der Waals surface area contributed by atoms with E-state index < -0.39 is 0 Å². The Labute approximate surface area is 127 Å². The summed E-state index contributed by atoms with van der Waals surface area (Å²) < 4.78 is 19.6. The smallest absolute Gasteiger partial charge is 0.182 e. The molecule has 0 saturated carbocycles. The number of aryl methyl sites for hydroxylation is 1. The molecule has 1 saturated heterocycles. The molecule has 2 nitrogen and oxygen atoms in total. The summed E-state index contributed by atoms with van der Waals surface area (Å²) in [5, 5.41) is 0. The Balaban J connectivity index is 2.07. The van der Waals surface area contributed by atoms with Gasteiger partial charge in [0.05, 0.1) is 0 Å². The van der Waals surface area contributed by atoms with Gasteiger partial charge in [0.25, 0.3) is 0 Å². The van der Waals surface area contributed by atoms with Crippen molar-refractivity contribution in [2.24, 2.45) is 0 Å². The lowest BCUT2D eigenvalue weighted by molar-refractivity contribution is -0.0402. The second-order valence-corrected chi connectivity index (χ2v) is 6.95. The van der Waals surface area contributed by atoms with E-state index in [9.17, 15) is 4.39 Å². The second-order valence-electron chi connectivity index (χ2n) is 6.95. The minimum absolute atomic E-state index is 0.130. The Bertz CT molecular complexity index is 533. The van der Waals surface area contributed by atoms with Gasteiger partial charge in [-0.15, -0.1) is 0 Å². The molecule has 0 aliphatic carbocycles. The first-order valence-corrected chi connectivity index (χ1v) is 7.59. The molecule has 0 bridgehead atoms. The Hall–Kier alpha value is -1.51. The zero-order valence-electron chi connectivity index (χ0n) is 13.7. The van der Waals surface area contributed by atoms with E-state index in [1.54, 1.807) is 13.0 Å². The number of hydrogen-bond acceptors (Lipinski definition) is 2. The molecule has 1 aromatic carbocycles. The van der Waals surface area contributed by atoms with Crippen molar-refractivity contribution in [3.05, 3.63) is 47.6 Å². The number of halogens is 1. The molecule has 2 atom stereocenters. The highest BCUT2D eigenvalue weighted by molar-refractivity contribution is 5.27. The van der Waals surface area contributed by atoms with Crippen molar-refractivity contribution in [2.45, 2.75) is 58.6 Å². The van der Waals surface area contributed by atoms with Crippen LogP contribution in [0.2, 0.25) is 0 Å². The van der Waals surface area contributed by atoms with Crippen LogP contribution in [0.15, 0.2) is 30.7 Å². The third-order valence-electron chi connectivity index (χ3n) is 4.11. The average Bonchev–Trinajstić information content (AvgIpc) is 2.28. The summed E-state index contributed by atoms with van der Waals surface area (Å²) in [5.74, 6) is 0.849. The number of likely N-dealkylation sites (tertiary alicyclic amines) is 1. The molecule has 0 N–H and O–H groups in total. The van der Waals surface area contributed by atoms with Gasteiger partial charge >= 0.3 is 0 Å². The topological polar surface area (TPSA) is 12.5 Å². The average molecular weight is 291 g/mol. The molecule has 1 fully saturated rings. The van der Waals surface area contributed by atoms with Crippen LogP contribution in [0.1, 0.15) is 51.2 Å². The maximum Gasteiger partial charge on any atom is 0.182 e. The van der Waals surface area contributed by atoms with Gasteiger partial charge in [-0.2, -0.15) is 0 Å². The summed E-state index contributed by atoms with van der Waals surface area (Å²) >= 11 is 0. The monoisotopic (exact) mass is 291 g/mol. The quantitative estimate of drug-likeness (QED) is 0.752. The molecule has 0 aromatic heterocycles. The van der Waals surface area contributed by atoms with Gasteiger partial charge in [0, 0.05) is 18.5 Å². The second kappa shape index (κ2) is 5.70. The Morgan fingerprint density at radius 2 is 2.10 bits per heavy atom. The van der Waals surface area contributed by atoms with Gasteiger partial charge in [-0.25, -0.2) is 4.39 Å². The molecule has 116 valence electrons. The number of ether oxygens (including phenoxy) is 1. The number of benzene rings is 1. The van der Waals surface area contributed by atoms with E-state index in [-0.39, 0.29) is 17.3 Å². The fraction of sp³-hybridized carbons (Fsp3) is 0.556. The third-order valence-corrected chi connectivity index (χ3v) is 4.11. The summed E-state index contributed by atoms with van der Waals surface area (Å²) in [4.78, 5) is 2.19. The molecule has 0 radical (unpaired) electrons. The largest absolute Gasteiger partial charge is 0.474 e. The molecule has 1 heterocycles. The highest BCUT2D eigenvalue weighted by Gasteiger charge is 2.35. The van der Waals surface area contributed by atoms with Crippen molar-refractivity contribution in [2.75, 3.05) is 6.54 Å². The summed E-state index contributed by atoms with van der Waals surface area (Å²) in [6, 6.07) is 5.86. The van der Waals surface area contributed by atoms with Crippen LogP contribution in [0.5, 0.6) is 0 Å². The maximum absolute atomic E-state index is 13.7. The van der Waals surface area contributed by atoms with E-state index in [1.165, 1.54) is 0 Å². The van der Waals surface area contributed by atoms with E-state index >= 15 is 0 Å². The first-order chi connectivity index (χ1) is 9.69. The van der Waals surface area contributed by atoms with Crippen LogP contribution in [0.3, 0.4) is 0 Å². The van der Waals surface area contributed by atoms with E-state index in [0.29, 0.717) is 11.6 Å². The third kappa shape index (κ3) is 3.58. The number of hydrogen-bond donors (Lipinski definition) is 0. The molecule has 0 amide bonds. The summed E-state index contributed by atoms with van der Waals surface area (Å²) in [6.45, 7) is 15.0. The first-order valence-electron chi connectivity index (χ1n) is 7.59. The molecule has 3 heteroatoms. The predicted octanol–water partition coefficient (Wildman–Crippen LogP) is 4.60. The normalized spacial score (nSPS) is 19.9. The van der Waals surface area contributed by atoms with Gasteiger partial charge in [0.2, 0.25) is 0 Å². The number of nitrogens with zero attached hydrogens (tertiary/aromatic N) is 1. The van der Waals surface area contributed by atoms with Crippen molar-refractivity contribution in [1.82, 2.24) is 4.90 Å².